The molecule has 0 aromatic heterocycles. The van der Waals surface area contributed by atoms with Crippen molar-refractivity contribution < 1.29 is 13.5 Å². The molecule has 0 amide bonds. The summed E-state index contributed by atoms with van der Waals surface area (Å²) < 4.78 is 25.8. The summed E-state index contributed by atoms with van der Waals surface area (Å²) in [7, 11) is -3.10. The Bertz CT molecular complexity index is 296. The molecule has 0 spiro atoms. The van der Waals surface area contributed by atoms with E-state index < -0.39 is 10.0 Å². The summed E-state index contributed by atoms with van der Waals surface area (Å²) >= 11 is 0. The van der Waals surface area contributed by atoms with Crippen LogP contribution in [0.1, 0.15) is 39.5 Å². The third-order valence-corrected chi connectivity index (χ3v) is 4.27. The van der Waals surface area contributed by atoms with Crippen molar-refractivity contribution in [2.45, 2.75) is 45.6 Å². The van der Waals surface area contributed by atoms with E-state index in [0.717, 1.165) is 6.42 Å². The third-order valence-electron chi connectivity index (χ3n) is 2.89. The largest absolute Gasteiger partial charge is 0.393 e. The zero-order valence-electron chi connectivity index (χ0n) is 10.1. The normalized spacial score (nSPS) is 20.7. The Hall–Kier alpha value is -0.130. The van der Waals surface area contributed by atoms with Crippen molar-refractivity contribution in [3.05, 3.63) is 0 Å². The molecular weight excluding hydrogens is 226 g/mol. The Morgan fingerprint density at radius 2 is 2.00 bits per heavy atom. The molecule has 0 saturated heterocycles. The van der Waals surface area contributed by atoms with E-state index in [1.54, 1.807) is 6.92 Å². The first-order valence-electron chi connectivity index (χ1n) is 6.04. The van der Waals surface area contributed by atoms with Gasteiger partial charge in [0.1, 0.15) is 0 Å². The second-order valence-electron chi connectivity index (χ2n) is 5.09. The van der Waals surface area contributed by atoms with Gasteiger partial charge in [0.2, 0.25) is 10.0 Å². The van der Waals surface area contributed by atoms with Gasteiger partial charge in [-0.15, -0.1) is 0 Å². The summed E-state index contributed by atoms with van der Waals surface area (Å²) in [6, 6.07) is 0. The highest BCUT2D eigenvalue weighted by Gasteiger charge is 2.24. The standard InChI is InChI=1S/C11H23NO3S/c1-9(7-10(2)13)8-12-16(14,15)6-5-11-3-4-11/h9-13H,3-8H2,1-2H3. The van der Waals surface area contributed by atoms with Crippen LogP contribution in [-0.4, -0.2) is 31.9 Å². The summed E-state index contributed by atoms with van der Waals surface area (Å²) in [5.41, 5.74) is 0. The fraction of sp³-hybridized carbons (Fsp3) is 1.00. The van der Waals surface area contributed by atoms with Gasteiger partial charge in [0.25, 0.3) is 0 Å². The Kier molecular flexibility index (Phi) is 5.21. The second-order valence-corrected chi connectivity index (χ2v) is 7.02. The van der Waals surface area contributed by atoms with Crippen LogP contribution < -0.4 is 4.72 Å². The Morgan fingerprint density at radius 3 is 2.50 bits per heavy atom. The van der Waals surface area contributed by atoms with Gasteiger partial charge in [-0.05, 0) is 31.6 Å². The average molecular weight is 249 g/mol. The van der Waals surface area contributed by atoms with Crippen LogP contribution in [0.2, 0.25) is 0 Å². The minimum Gasteiger partial charge on any atom is -0.393 e. The lowest BCUT2D eigenvalue weighted by atomic mass is 10.1. The maximum absolute atomic E-state index is 11.6. The molecule has 0 aromatic rings. The van der Waals surface area contributed by atoms with Gasteiger partial charge in [-0.1, -0.05) is 19.8 Å². The van der Waals surface area contributed by atoms with Gasteiger partial charge >= 0.3 is 0 Å². The number of aliphatic hydroxyl groups excluding tert-OH is 1. The van der Waals surface area contributed by atoms with E-state index in [4.69, 9.17) is 5.11 Å². The molecule has 5 heteroatoms. The van der Waals surface area contributed by atoms with Crippen LogP contribution in [0.5, 0.6) is 0 Å². The van der Waals surface area contributed by atoms with Crippen molar-refractivity contribution in [1.82, 2.24) is 4.72 Å². The molecule has 0 heterocycles. The minimum atomic E-state index is -3.10. The van der Waals surface area contributed by atoms with Gasteiger partial charge in [-0.2, -0.15) is 0 Å². The summed E-state index contributed by atoms with van der Waals surface area (Å²) in [4.78, 5) is 0. The first-order chi connectivity index (χ1) is 7.39. The van der Waals surface area contributed by atoms with Crippen LogP contribution >= 0.6 is 0 Å². The molecule has 0 bridgehead atoms. The molecular formula is C11H23NO3S. The molecule has 1 fully saturated rings. The monoisotopic (exact) mass is 249 g/mol. The summed E-state index contributed by atoms with van der Waals surface area (Å²) in [6.07, 6.45) is 3.43. The van der Waals surface area contributed by atoms with E-state index >= 15 is 0 Å². The number of sulfonamides is 1. The molecule has 0 radical (unpaired) electrons. The second kappa shape index (κ2) is 5.98. The lowest BCUT2D eigenvalue weighted by Crippen LogP contribution is -2.31. The predicted octanol–water partition coefficient (Wildman–Crippen LogP) is 1.11. The molecule has 1 saturated carbocycles. The maximum atomic E-state index is 11.6. The van der Waals surface area contributed by atoms with E-state index in [1.807, 2.05) is 6.92 Å². The molecule has 1 aliphatic carbocycles. The lowest BCUT2D eigenvalue weighted by Gasteiger charge is -2.14. The molecule has 1 aliphatic rings. The van der Waals surface area contributed by atoms with Gasteiger partial charge in [-0.25, -0.2) is 13.1 Å². The molecule has 4 nitrogen and oxygen atoms in total. The highest BCUT2D eigenvalue weighted by molar-refractivity contribution is 7.89. The van der Waals surface area contributed by atoms with Crippen molar-refractivity contribution in [2.75, 3.05) is 12.3 Å². The molecule has 16 heavy (non-hydrogen) atoms. The predicted molar refractivity (Wildman–Crippen MR) is 64.6 cm³/mol. The van der Waals surface area contributed by atoms with Gasteiger partial charge in [0.15, 0.2) is 0 Å². The smallest absolute Gasteiger partial charge is 0.211 e. The van der Waals surface area contributed by atoms with Crippen LogP contribution in [0.4, 0.5) is 0 Å². The van der Waals surface area contributed by atoms with E-state index in [2.05, 4.69) is 4.72 Å². The van der Waals surface area contributed by atoms with Crippen molar-refractivity contribution in [2.24, 2.45) is 11.8 Å². The zero-order valence-corrected chi connectivity index (χ0v) is 11.0. The summed E-state index contributed by atoms with van der Waals surface area (Å²) in [6.45, 7) is 4.09. The van der Waals surface area contributed by atoms with Gasteiger partial charge in [-0.3, -0.25) is 0 Å². The first kappa shape index (κ1) is 13.9. The average Bonchev–Trinajstić information content (AvgIpc) is 2.94. The Morgan fingerprint density at radius 1 is 1.38 bits per heavy atom. The van der Waals surface area contributed by atoms with Crippen LogP contribution in [-0.2, 0) is 10.0 Å². The molecule has 0 aromatic carbocycles. The van der Waals surface area contributed by atoms with Crippen molar-refractivity contribution in [3.63, 3.8) is 0 Å². The fourth-order valence-electron chi connectivity index (χ4n) is 1.74. The van der Waals surface area contributed by atoms with E-state index in [1.165, 1.54) is 12.8 Å². The SMILES string of the molecule is CC(O)CC(C)CNS(=O)(=O)CCC1CC1. The van der Waals surface area contributed by atoms with Crippen LogP contribution in [0.3, 0.4) is 0 Å². The van der Waals surface area contributed by atoms with Crippen molar-refractivity contribution in [3.8, 4) is 0 Å². The van der Waals surface area contributed by atoms with E-state index in [-0.39, 0.29) is 17.8 Å². The number of rotatable bonds is 8. The van der Waals surface area contributed by atoms with Crippen molar-refractivity contribution in [1.29, 1.82) is 0 Å². The lowest BCUT2D eigenvalue weighted by molar-refractivity contribution is 0.165. The van der Waals surface area contributed by atoms with Gasteiger partial charge in [0, 0.05) is 6.54 Å². The number of aliphatic hydroxyl groups is 1. The summed E-state index contributed by atoms with van der Waals surface area (Å²) in [5, 5.41) is 9.16. The van der Waals surface area contributed by atoms with Crippen LogP contribution in [0.15, 0.2) is 0 Å². The number of hydrogen-bond donors (Lipinski definition) is 2. The third kappa shape index (κ3) is 6.45. The molecule has 96 valence electrons. The molecule has 2 atom stereocenters. The fourth-order valence-corrected chi connectivity index (χ4v) is 3.06. The number of nitrogens with one attached hydrogen (secondary N) is 1. The maximum Gasteiger partial charge on any atom is 0.211 e. The van der Waals surface area contributed by atoms with Gasteiger partial charge < -0.3 is 5.11 Å². The topological polar surface area (TPSA) is 66.4 Å². The van der Waals surface area contributed by atoms with Gasteiger partial charge in [0.05, 0.1) is 11.9 Å². The summed E-state index contributed by atoms with van der Waals surface area (Å²) in [5.74, 6) is 1.07. The zero-order chi connectivity index (χ0) is 12.2. The van der Waals surface area contributed by atoms with Crippen molar-refractivity contribution >= 4 is 10.0 Å². The van der Waals surface area contributed by atoms with Crippen LogP contribution in [0, 0.1) is 11.8 Å². The molecule has 2 N–H and O–H groups in total. The highest BCUT2D eigenvalue weighted by Crippen LogP contribution is 2.32. The van der Waals surface area contributed by atoms with Crippen LogP contribution in [0.25, 0.3) is 0 Å². The first-order valence-corrected chi connectivity index (χ1v) is 7.69. The minimum absolute atomic E-state index is 0.177. The number of hydrogen-bond acceptors (Lipinski definition) is 3. The molecule has 2 unspecified atom stereocenters. The Labute approximate surface area is 98.5 Å². The molecule has 0 aliphatic heterocycles. The highest BCUT2D eigenvalue weighted by atomic mass is 32.2. The molecule has 1 rings (SSSR count). The van der Waals surface area contributed by atoms with E-state index in [9.17, 15) is 8.42 Å². The Balaban J connectivity index is 2.18. The van der Waals surface area contributed by atoms with E-state index in [0.29, 0.717) is 18.9 Å². The quantitative estimate of drug-likeness (QED) is 0.677.